The van der Waals surface area contributed by atoms with Crippen molar-refractivity contribution in [1.29, 1.82) is 10.5 Å². The Morgan fingerprint density at radius 3 is 1.67 bits per heavy atom. The van der Waals surface area contributed by atoms with Crippen molar-refractivity contribution in [3.05, 3.63) is 143 Å². The lowest BCUT2D eigenvalue weighted by molar-refractivity contribution is 0.153. The predicted molar refractivity (Wildman–Crippen MR) is 293 cm³/mol. The molecular weight excluding hydrogens is 957 g/mol. The maximum absolute atomic E-state index is 9.65. The van der Waals surface area contributed by atoms with Crippen LogP contribution in [-0.4, -0.2) is 84.6 Å². The van der Waals surface area contributed by atoms with Crippen LogP contribution >= 0.6 is 34.4 Å². The average Bonchev–Trinajstić information content (AvgIpc) is 4.25. The largest absolute Gasteiger partial charge is 0.399 e. The average molecular weight is 1010 g/mol. The van der Waals surface area contributed by atoms with E-state index in [0.29, 0.717) is 39.3 Å². The van der Waals surface area contributed by atoms with Gasteiger partial charge in [-0.25, -0.2) is 15.0 Å². The van der Waals surface area contributed by atoms with E-state index in [1.54, 1.807) is 18.0 Å². The first kappa shape index (κ1) is 50.8. The number of nitrogens with one attached hydrogen (secondary N) is 3. The number of aromatic nitrogens is 4. The number of nitriles is 2. The molecule has 4 aromatic carbocycles. The molecule has 2 fully saturated rings. The third-order valence-electron chi connectivity index (χ3n) is 12.2. The molecule has 0 saturated carbocycles. The van der Waals surface area contributed by atoms with Crippen molar-refractivity contribution < 1.29 is 10.2 Å². The van der Waals surface area contributed by atoms with Crippen LogP contribution in [0, 0.1) is 47.3 Å². The molecule has 0 amide bonds. The van der Waals surface area contributed by atoms with Gasteiger partial charge in [-0.15, -0.1) is 24.2 Å². The standard InChI is InChI=1S/C27H24N6OS.C16H10N4S2.C12H18N2O/c1-2-18-5-3-6-22(13-18)30-24-20(14-28)15-29-26-25(24)35-27(32-26)31-21-10-8-19(9-11-21)16-33-12-4-7-23(33)17-34;1-3-10-5-4-6-12(7-10)19-13-11(8-17)9-18-15-14(13)22-16(20-15)21-2;13-11-5-3-10(4-6-11)8-14-7-1-2-12(14)9-15/h1,3,5-6,8-11,13,15,23,34H,4,7,12,16-17H2,(H2,29,30,31,32);1,4-7,9H,2H3,(H,18,19);3-6,12,15H,1-2,7-9,13H2/t23-;;12-/m0.0/s1. The van der Waals surface area contributed by atoms with Crippen LogP contribution in [0.5, 0.6) is 0 Å². The summed E-state index contributed by atoms with van der Waals surface area (Å²) in [6.07, 6.45) is 20.5. The number of rotatable bonds is 13. The Kier molecular flexibility index (Phi) is 17.3. The van der Waals surface area contributed by atoms with Gasteiger partial charge >= 0.3 is 0 Å². The number of terminal acetylenes is 2. The number of nitrogens with two attached hydrogens (primary N) is 1. The van der Waals surface area contributed by atoms with E-state index < -0.39 is 0 Å². The van der Waals surface area contributed by atoms with Gasteiger partial charge in [0.1, 0.15) is 16.8 Å². The molecule has 0 bridgehead atoms. The highest BCUT2D eigenvalue weighted by Crippen LogP contribution is 2.38. The molecule has 6 heterocycles. The third-order valence-corrected chi connectivity index (χ3v) is 15.2. The van der Waals surface area contributed by atoms with Crippen molar-refractivity contribution in [1.82, 2.24) is 29.7 Å². The van der Waals surface area contributed by atoms with Crippen LogP contribution in [0.1, 0.15) is 59.1 Å². The molecule has 0 unspecified atom stereocenters. The molecule has 17 heteroatoms. The minimum atomic E-state index is 0.213. The Morgan fingerprint density at radius 2 is 1.18 bits per heavy atom. The zero-order chi connectivity index (χ0) is 50.4. The highest BCUT2D eigenvalue weighted by Gasteiger charge is 2.25. The normalized spacial score (nSPS) is 15.3. The van der Waals surface area contributed by atoms with Gasteiger partial charge in [0.25, 0.3) is 0 Å². The van der Waals surface area contributed by atoms with E-state index in [1.807, 2.05) is 79.1 Å². The fourth-order valence-electron chi connectivity index (χ4n) is 8.48. The molecule has 72 heavy (non-hydrogen) atoms. The highest BCUT2D eigenvalue weighted by atomic mass is 32.2. The maximum atomic E-state index is 9.65. The van der Waals surface area contributed by atoms with Gasteiger partial charge in [-0.1, -0.05) is 71.3 Å². The van der Waals surface area contributed by atoms with Gasteiger partial charge in [0.15, 0.2) is 20.8 Å². The molecule has 2 saturated heterocycles. The smallest absolute Gasteiger partial charge is 0.189 e. The lowest BCUT2D eigenvalue weighted by atomic mass is 10.1. The molecule has 0 spiro atoms. The number of thiazole rings is 2. The first-order chi connectivity index (χ1) is 35.2. The van der Waals surface area contributed by atoms with E-state index in [2.05, 4.69) is 93.9 Å². The number of fused-ring (bicyclic) bond motifs is 2. The molecule has 2 aliphatic rings. The molecule has 10 rings (SSSR count). The summed E-state index contributed by atoms with van der Waals surface area (Å²) in [6, 6.07) is 36.2. The molecule has 8 aromatic rings. The molecule has 4 aromatic heterocycles. The lowest BCUT2D eigenvalue weighted by Crippen LogP contribution is -2.31. The van der Waals surface area contributed by atoms with E-state index in [4.69, 9.17) is 18.6 Å². The number of likely N-dealkylation sites (tertiary alicyclic amines) is 2. The van der Waals surface area contributed by atoms with Crippen LogP contribution in [0.2, 0.25) is 0 Å². The second kappa shape index (κ2) is 24.5. The fraction of sp³-hybridized carbons (Fsp3) is 0.236. The number of nitrogen functional groups attached to an aromatic ring is 1. The molecule has 7 N–H and O–H groups in total. The zero-order valence-corrected chi connectivity index (χ0v) is 42.0. The minimum Gasteiger partial charge on any atom is -0.399 e. The summed E-state index contributed by atoms with van der Waals surface area (Å²) in [5, 5.41) is 48.4. The summed E-state index contributed by atoms with van der Waals surface area (Å²) in [5.74, 6) is 5.23. The summed E-state index contributed by atoms with van der Waals surface area (Å²) in [5.41, 5.74) is 16.5. The van der Waals surface area contributed by atoms with Gasteiger partial charge < -0.3 is 31.9 Å². The van der Waals surface area contributed by atoms with E-state index in [-0.39, 0.29) is 19.3 Å². The quantitative estimate of drug-likeness (QED) is 0.0361. The first-order valence-electron chi connectivity index (χ1n) is 23.2. The van der Waals surface area contributed by atoms with E-state index >= 15 is 0 Å². The van der Waals surface area contributed by atoms with Gasteiger partial charge in [0.05, 0.1) is 40.4 Å². The van der Waals surface area contributed by atoms with Gasteiger partial charge in [0.2, 0.25) is 0 Å². The summed E-state index contributed by atoms with van der Waals surface area (Å²) in [6.45, 7) is 4.36. The lowest BCUT2D eigenvalue weighted by Gasteiger charge is -2.22. The van der Waals surface area contributed by atoms with Crippen LogP contribution in [-0.2, 0) is 13.1 Å². The van der Waals surface area contributed by atoms with Crippen LogP contribution in [0.3, 0.4) is 0 Å². The Labute approximate surface area is 431 Å². The van der Waals surface area contributed by atoms with Gasteiger partial charge in [0, 0.05) is 71.4 Å². The number of hydrogen-bond acceptors (Lipinski definition) is 17. The highest BCUT2D eigenvalue weighted by molar-refractivity contribution is 8.00. The number of nitrogens with zero attached hydrogens (tertiary/aromatic N) is 8. The number of aliphatic hydroxyl groups is 2. The van der Waals surface area contributed by atoms with Gasteiger partial charge in [-0.3, -0.25) is 9.80 Å². The Balaban J connectivity index is 0.000000159. The molecule has 2 aliphatic heterocycles. The number of benzene rings is 4. The van der Waals surface area contributed by atoms with E-state index in [9.17, 15) is 20.7 Å². The van der Waals surface area contributed by atoms with E-state index in [1.165, 1.54) is 46.4 Å². The Bertz CT molecular complexity index is 3310. The molecule has 14 nitrogen and oxygen atoms in total. The fourth-order valence-corrected chi connectivity index (χ4v) is 10.9. The number of anilines is 7. The predicted octanol–water partition coefficient (Wildman–Crippen LogP) is 10.2. The summed E-state index contributed by atoms with van der Waals surface area (Å²) < 4.78 is 2.57. The summed E-state index contributed by atoms with van der Waals surface area (Å²) in [4.78, 5) is 22.4. The van der Waals surface area contributed by atoms with Gasteiger partial charge in [-0.05, 0) is 117 Å². The topological polar surface area (TPSA) is 208 Å². The van der Waals surface area contributed by atoms with Crippen LogP contribution < -0.4 is 21.7 Å². The van der Waals surface area contributed by atoms with Crippen molar-refractivity contribution in [2.45, 2.75) is 55.2 Å². The van der Waals surface area contributed by atoms with Crippen molar-refractivity contribution in [3.63, 3.8) is 0 Å². The monoisotopic (exact) mass is 1010 g/mol. The molecule has 0 radical (unpaired) electrons. The van der Waals surface area contributed by atoms with Crippen molar-refractivity contribution in [2.24, 2.45) is 0 Å². The number of aliphatic hydroxyl groups excluding tert-OH is 2. The molecule has 0 aliphatic carbocycles. The first-order valence-corrected chi connectivity index (χ1v) is 26.1. The van der Waals surface area contributed by atoms with Crippen LogP contribution in [0.4, 0.5) is 39.3 Å². The van der Waals surface area contributed by atoms with Crippen LogP contribution in [0.25, 0.3) is 20.7 Å². The van der Waals surface area contributed by atoms with Crippen LogP contribution in [0.15, 0.2) is 114 Å². The maximum Gasteiger partial charge on any atom is 0.189 e. The zero-order valence-electron chi connectivity index (χ0n) is 39.5. The Morgan fingerprint density at radius 1 is 0.681 bits per heavy atom. The molecule has 2 atom stereocenters. The molecule has 362 valence electrons. The number of pyridine rings is 2. The summed E-state index contributed by atoms with van der Waals surface area (Å²) in [7, 11) is 0. The second-order valence-electron chi connectivity index (χ2n) is 17.0. The SMILES string of the molecule is C#Cc1cccc(Nc2c(C#N)cnc3nc(Nc4ccc(CN5CCC[C@H]5CO)cc4)sc23)c1.C#Cc1cccc(Nc2c(C#N)cnc3nc(SC)sc23)c1.Nc1ccc(CN2CCC[C@H]2CO)cc1. The number of thioether (sulfide) groups is 1. The second-order valence-corrected chi connectivity index (χ2v) is 20.0. The summed E-state index contributed by atoms with van der Waals surface area (Å²) >= 11 is 4.51. The van der Waals surface area contributed by atoms with Crippen molar-refractivity contribution in [2.75, 3.05) is 54.2 Å². The van der Waals surface area contributed by atoms with Gasteiger partial charge in [-0.2, -0.15) is 15.5 Å². The van der Waals surface area contributed by atoms with E-state index in [0.717, 1.165) is 98.7 Å². The minimum absolute atomic E-state index is 0.213. The molecular formula is C55H52N12O2S3. The van der Waals surface area contributed by atoms with Crippen molar-refractivity contribution in [3.8, 4) is 36.8 Å². The van der Waals surface area contributed by atoms with Crippen molar-refractivity contribution >= 4 is 94.4 Å². The third kappa shape index (κ3) is 12.7. The Hall–Kier alpha value is -7.55. The number of hydrogen-bond donors (Lipinski definition) is 6.